The number of aryl methyl sites for hydroxylation is 1. The predicted molar refractivity (Wildman–Crippen MR) is 82.8 cm³/mol. The van der Waals surface area contributed by atoms with Crippen LogP contribution in [0.25, 0.3) is 0 Å². The Labute approximate surface area is 130 Å². The maximum absolute atomic E-state index is 12.1. The smallest absolute Gasteiger partial charge is 0.336 e. The third-order valence-electron chi connectivity index (χ3n) is 3.10. The lowest BCUT2D eigenvalue weighted by Crippen LogP contribution is -2.14. The van der Waals surface area contributed by atoms with Crippen LogP contribution in [0.15, 0.2) is 34.9 Å². The number of benzene rings is 1. The summed E-state index contributed by atoms with van der Waals surface area (Å²) in [5, 5.41) is 11.8. The molecule has 2 N–H and O–H groups in total. The summed E-state index contributed by atoms with van der Waals surface area (Å²) in [6, 6.07) is 8.18. The molecule has 5 nitrogen and oxygen atoms in total. The summed E-state index contributed by atoms with van der Waals surface area (Å²) in [5.41, 5.74) is 2.34. The van der Waals surface area contributed by atoms with Crippen LogP contribution in [-0.2, 0) is 0 Å². The van der Waals surface area contributed by atoms with Gasteiger partial charge in [-0.1, -0.05) is 6.07 Å². The number of halogens is 1. The van der Waals surface area contributed by atoms with E-state index in [1.165, 1.54) is 6.07 Å². The van der Waals surface area contributed by atoms with Crippen molar-refractivity contribution in [3.63, 3.8) is 0 Å². The maximum Gasteiger partial charge on any atom is 0.336 e. The largest absolute Gasteiger partial charge is 0.478 e. The van der Waals surface area contributed by atoms with Crippen molar-refractivity contribution >= 4 is 33.5 Å². The van der Waals surface area contributed by atoms with Gasteiger partial charge in [-0.2, -0.15) is 0 Å². The molecule has 0 radical (unpaired) electrons. The second kappa shape index (κ2) is 6.05. The van der Waals surface area contributed by atoms with Crippen molar-refractivity contribution in [1.29, 1.82) is 0 Å². The number of pyridine rings is 1. The molecule has 0 fully saturated rings. The number of amides is 1. The number of carboxylic acid groups (broad SMARTS) is 1. The van der Waals surface area contributed by atoms with Gasteiger partial charge < -0.3 is 10.4 Å². The third kappa shape index (κ3) is 3.46. The Balaban J connectivity index is 2.32. The Hall–Kier alpha value is -2.21. The number of nitrogens with one attached hydrogen (secondary N) is 1. The fraction of sp³-hybridized carbons (Fsp3) is 0.133. The van der Waals surface area contributed by atoms with Gasteiger partial charge in [-0.25, -0.2) is 9.78 Å². The van der Waals surface area contributed by atoms with Gasteiger partial charge in [-0.05, 0) is 65.2 Å². The predicted octanol–water partition coefficient (Wildman–Crippen LogP) is 3.41. The van der Waals surface area contributed by atoms with Crippen LogP contribution in [0.3, 0.4) is 0 Å². The third-order valence-corrected chi connectivity index (χ3v) is 3.55. The molecule has 0 bridgehead atoms. The highest BCUT2D eigenvalue weighted by atomic mass is 79.9. The molecule has 108 valence electrons. The van der Waals surface area contributed by atoms with Crippen molar-refractivity contribution in [2.24, 2.45) is 0 Å². The van der Waals surface area contributed by atoms with Gasteiger partial charge in [-0.15, -0.1) is 0 Å². The van der Waals surface area contributed by atoms with E-state index in [1.807, 2.05) is 0 Å². The molecule has 0 saturated carbocycles. The molecule has 21 heavy (non-hydrogen) atoms. The minimum absolute atomic E-state index is 0.174. The minimum Gasteiger partial charge on any atom is -0.478 e. The number of aromatic carboxylic acids is 1. The van der Waals surface area contributed by atoms with E-state index in [1.54, 1.807) is 38.1 Å². The van der Waals surface area contributed by atoms with Crippen LogP contribution in [0.1, 0.15) is 32.0 Å². The van der Waals surface area contributed by atoms with E-state index in [-0.39, 0.29) is 11.3 Å². The monoisotopic (exact) mass is 348 g/mol. The molecule has 2 aromatic rings. The fourth-order valence-electron chi connectivity index (χ4n) is 1.88. The van der Waals surface area contributed by atoms with Crippen molar-refractivity contribution in [2.75, 3.05) is 5.32 Å². The molecule has 1 heterocycles. The first-order chi connectivity index (χ1) is 9.88. The quantitative estimate of drug-likeness (QED) is 0.833. The molecule has 0 aliphatic heterocycles. The van der Waals surface area contributed by atoms with E-state index in [0.29, 0.717) is 15.9 Å². The highest BCUT2D eigenvalue weighted by Crippen LogP contribution is 2.20. The minimum atomic E-state index is -1.02. The first-order valence-electron chi connectivity index (χ1n) is 6.17. The van der Waals surface area contributed by atoms with Gasteiger partial charge in [0.15, 0.2) is 0 Å². The molecule has 1 aromatic carbocycles. The number of carboxylic acids is 1. The van der Waals surface area contributed by atoms with Gasteiger partial charge in [-0.3, -0.25) is 4.79 Å². The van der Waals surface area contributed by atoms with Crippen molar-refractivity contribution in [3.8, 4) is 0 Å². The molecule has 0 aliphatic carbocycles. The molecule has 1 aromatic heterocycles. The Kier molecular flexibility index (Phi) is 4.37. The first-order valence-corrected chi connectivity index (χ1v) is 6.96. The molecule has 0 spiro atoms. The standard InChI is InChI=1S/C15H13BrN2O3/c1-8-6-10(7-11(9(8)2)15(20)21)17-14(19)12-4-3-5-13(16)18-12/h3-7H,1-2H3,(H,17,19)(H,20,21). The highest BCUT2D eigenvalue weighted by Gasteiger charge is 2.13. The van der Waals surface area contributed by atoms with Crippen LogP contribution in [0.2, 0.25) is 0 Å². The highest BCUT2D eigenvalue weighted by molar-refractivity contribution is 9.10. The van der Waals surface area contributed by atoms with E-state index in [2.05, 4.69) is 26.2 Å². The topological polar surface area (TPSA) is 79.3 Å². The zero-order valence-electron chi connectivity index (χ0n) is 11.5. The lowest BCUT2D eigenvalue weighted by molar-refractivity contribution is 0.0695. The van der Waals surface area contributed by atoms with Crippen molar-refractivity contribution in [3.05, 3.63) is 57.3 Å². The SMILES string of the molecule is Cc1cc(NC(=O)c2cccc(Br)n2)cc(C(=O)O)c1C. The maximum atomic E-state index is 12.1. The van der Waals surface area contributed by atoms with Gasteiger partial charge in [0, 0.05) is 5.69 Å². The van der Waals surface area contributed by atoms with Crippen molar-refractivity contribution in [2.45, 2.75) is 13.8 Å². The average Bonchev–Trinajstić information content (AvgIpc) is 2.42. The molecule has 0 atom stereocenters. The van der Waals surface area contributed by atoms with Crippen LogP contribution in [0.5, 0.6) is 0 Å². The summed E-state index contributed by atoms with van der Waals surface area (Å²) in [7, 11) is 0. The fourth-order valence-corrected chi connectivity index (χ4v) is 2.23. The molecule has 0 unspecified atom stereocenters. The molecular formula is C15H13BrN2O3. The summed E-state index contributed by atoms with van der Waals surface area (Å²) >= 11 is 3.20. The lowest BCUT2D eigenvalue weighted by Gasteiger charge is -2.10. The molecule has 0 aliphatic rings. The lowest BCUT2D eigenvalue weighted by atomic mass is 10.0. The molecule has 0 saturated heterocycles. The Morgan fingerprint density at radius 2 is 1.95 bits per heavy atom. The second-order valence-corrected chi connectivity index (χ2v) is 5.38. The Morgan fingerprint density at radius 1 is 1.24 bits per heavy atom. The summed E-state index contributed by atoms with van der Waals surface area (Å²) in [4.78, 5) is 27.4. The van der Waals surface area contributed by atoms with Gasteiger partial charge in [0.05, 0.1) is 5.56 Å². The number of nitrogens with zero attached hydrogens (tertiary/aromatic N) is 1. The van der Waals surface area contributed by atoms with Crippen molar-refractivity contribution in [1.82, 2.24) is 4.98 Å². The van der Waals surface area contributed by atoms with Gasteiger partial charge in [0.2, 0.25) is 0 Å². The van der Waals surface area contributed by atoms with Gasteiger partial charge in [0.1, 0.15) is 10.3 Å². The second-order valence-electron chi connectivity index (χ2n) is 4.57. The van der Waals surface area contributed by atoms with E-state index >= 15 is 0 Å². The molecule has 1 amide bonds. The van der Waals surface area contributed by atoms with E-state index in [9.17, 15) is 14.7 Å². The Bertz CT molecular complexity index is 729. The zero-order chi connectivity index (χ0) is 15.6. The first kappa shape index (κ1) is 15.2. The number of carbonyl (C=O) groups excluding carboxylic acids is 1. The van der Waals surface area contributed by atoms with E-state index < -0.39 is 11.9 Å². The summed E-state index contributed by atoms with van der Waals surface area (Å²) < 4.78 is 0.557. The number of carbonyl (C=O) groups is 2. The van der Waals surface area contributed by atoms with Gasteiger partial charge >= 0.3 is 5.97 Å². The number of hydrogen-bond donors (Lipinski definition) is 2. The number of aromatic nitrogens is 1. The average molecular weight is 349 g/mol. The number of rotatable bonds is 3. The normalized spacial score (nSPS) is 10.2. The van der Waals surface area contributed by atoms with Crippen molar-refractivity contribution < 1.29 is 14.7 Å². The van der Waals surface area contributed by atoms with E-state index in [4.69, 9.17) is 0 Å². The zero-order valence-corrected chi connectivity index (χ0v) is 13.1. The van der Waals surface area contributed by atoms with Crippen LogP contribution in [0, 0.1) is 13.8 Å². The molecule has 2 rings (SSSR count). The Morgan fingerprint density at radius 3 is 2.57 bits per heavy atom. The summed E-state index contributed by atoms with van der Waals surface area (Å²) in [6.45, 7) is 3.54. The van der Waals surface area contributed by atoms with Gasteiger partial charge in [0.25, 0.3) is 5.91 Å². The van der Waals surface area contributed by atoms with Crippen LogP contribution in [-0.4, -0.2) is 22.0 Å². The van der Waals surface area contributed by atoms with E-state index in [0.717, 1.165) is 5.56 Å². The number of hydrogen-bond acceptors (Lipinski definition) is 3. The number of anilines is 1. The summed E-state index contributed by atoms with van der Waals surface area (Å²) in [6.07, 6.45) is 0. The summed E-state index contributed by atoms with van der Waals surface area (Å²) in [5.74, 6) is -1.41. The molecular weight excluding hydrogens is 336 g/mol. The van der Waals surface area contributed by atoms with Crippen LogP contribution < -0.4 is 5.32 Å². The molecule has 6 heteroatoms. The van der Waals surface area contributed by atoms with Crippen LogP contribution in [0.4, 0.5) is 5.69 Å². The van der Waals surface area contributed by atoms with Crippen LogP contribution >= 0.6 is 15.9 Å².